The molecule has 0 bridgehead atoms. The Bertz CT molecular complexity index is 680. The van der Waals surface area contributed by atoms with Gasteiger partial charge >= 0.3 is 0 Å². The molecule has 7 heteroatoms. The topological polar surface area (TPSA) is 70.5 Å². The Kier molecular flexibility index (Phi) is 5.76. The number of amides is 2. The third kappa shape index (κ3) is 4.51. The summed E-state index contributed by atoms with van der Waals surface area (Å²) in [5.74, 6) is -0.0149. The molecule has 3 aliphatic rings. The van der Waals surface area contributed by atoms with Gasteiger partial charge in [0.2, 0.25) is 11.8 Å². The molecule has 148 valence electrons. The van der Waals surface area contributed by atoms with Crippen molar-refractivity contribution in [3.8, 4) is 0 Å². The molecule has 27 heavy (non-hydrogen) atoms. The van der Waals surface area contributed by atoms with Crippen LogP contribution in [0.1, 0.15) is 62.8 Å². The van der Waals surface area contributed by atoms with E-state index in [-0.39, 0.29) is 18.4 Å². The van der Waals surface area contributed by atoms with Crippen LogP contribution in [0.15, 0.2) is 6.07 Å². The lowest BCUT2D eigenvalue weighted by Gasteiger charge is -2.33. The van der Waals surface area contributed by atoms with Crippen LogP contribution in [-0.4, -0.2) is 57.1 Å². The minimum absolute atomic E-state index is 0.0849. The zero-order valence-corrected chi connectivity index (χ0v) is 16.2. The van der Waals surface area contributed by atoms with Gasteiger partial charge in [-0.25, -0.2) is 0 Å². The number of hydrogen-bond donors (Lipinski definition) is 1. The van der Waals surface area contributed by atoms with Gasteiger partial charge in [0.05, 0.1) is 24.5 Å². The number of aromatic nitrogens is 2. The van der Waals surface area contributed by atoms with Gasteiger partial charge in [0.1, 0.15) is 0 Å². The first kappa shape index (κ1) is 18.5. The molecule has 2 amide bonds. The molecule has 0 spiro atoms. The number of hydrogen-bond acceptors (Lipinski definition) is 4. The molecule has 2 fully saturated rings. The second-order valence-corrected chi connectivity index (χ2v) is 8.16. The highest BCUT2D eigenvalue weighted by Gasteiger charge is 2.25. The van der Waals surface area contributed by atoms with E-state index < -0.39 is 0 Å². The van der Waals surface area contributed by atoms with Gasteiger partial charge in [0.15, 0.2) is 0 Å². The van der Waals surface area contributed by atoms with Gasteiger partial charge in [-0.15, -0.1) is 0 Å². The minimum Gasteiger partial charge on any atom is -0.349 e. The third-order valence-corrected chi connectivity index (χ3v) is 6.16. The number of nitrogens with one attached hydrogen (secondary N) is 1. The van der Waals surface area contributed by atoms with Gasteiger partial charge in [-0.1, -0.05) is 19.3 Å². The molecule has 4 rings (SSSR count). The van der Waals surface area contributed by atoms with E-state index in [4.69, 9.17) is 5.10 Å². The van der Waals surface area contributed by atoms with Crippen molar-refractivity contribution in [1.82, 2.24) is 24.9 Å². The quantitative estimate of drug-likeness (QED) is 0.852. The second-order valence-electron chi connectivity index (χ2n) is 8.16. The summed E-state index contributed by atoms with van der Waals surface area (Å²) in [4.78, 5) is 28.0. The van der Waals surface area contributed by atoms with E-state index >= 15 is 0 Å². The fraction of sp³-hybridized carbons (Fsp3) is 0.750. The molecule has 1 saturated heterocycles. The first-order chi connectivity index (χ1) is 13.2. The number of rotatable bonds is 5. The third-order valence-electron chi connectivity index (χ3n) is 6.16. The van der Waals surface area contributed by atoms with Crippen molar-refractivity contribution in [2.24, 2.45) is 0 Å². The Balaban J connectivity index is 1.31. The SMILES string of the molecule is O=C(CN1CCCC1=O)NCc1cc2n(n1)CCCN(C1CCCCC1)C2. The van der Waals surface area contributed by atoms with Crippen LogP contribution in [0.5, 0.6) is 0 Å². The van der Waals surface area contributed by atoms with Gasteiger partial charge in [0.25, 0.3) is 0 Å². The predicted octanol–water partition coefficient (Wildman–Crippen LogP) is 1.66. The molecule has 0 unspecified atom stereocenters. The maximum absolute atomic E-state index is 12.1. The molecule has 0 aromatic carbocycles. The average Bonchev–Trinajstić information content (AvgIpc) is 3.20. The molecule has 3 heterocycles. The zero-order chi connectivity index (χ0) is 18.6. The van der Waals surface area contributed by atoms with E-state index in [1.165, 1.54) is 37.8 Å². The summed E-state index contributed by atoms with van der Waals surface area (Å²) < 4.78 is 2.12. The molecule has 1 aromatic rings. The number of aryl methyl sites for hydroxylation is 1. The van der Waals surface area contributed by atoms with Crippen molar-refractivity contribution in [3.63, 3.8) is 0 Å². The Morgan fingerprint density at radius 2 is 1.96 bits per heavy atom. The van der Waals surface area contributed by atoms with Gasteiger partial charge in [-0.2, -0.15) is 5.10 Å². The monoisotopic (exact) mass is 373 g/mol. The van der Waals surface area contributed by atoms with Crippen molar-refractivity contribution in [1.29, 1.82) is 0 Å². The highest BCUT2D eigenvalue weighted by molar-refractivity contribution is 5.85. The van der Waals surface area contributed by atoms with Gasteiger partial charge in [-0.3, -0.25) is 19.2 Å². The van der Waals surface area contributed by atoms with Gasteiger partial charge in [-0.05, 0) is 31.7 Å². The van der Waals surface area contributed by atoms with Crippen LogP contribution in [0.4, 0.5) is 0 Å². The lowest BCUT2D eigenvalue weighted by atomic mass is 9.94. The molecule has 7 nitrogen and oxygen atoms in total. The standard InChI is InChI=1S/C20H31N5O2/c26-19(15-24-9-4-8-20(24)27)21-13-16-12-18-14-23(10-5-11-25(18)22-16)17-6-2-1-3-7-17/h12,17H,1-11,13-15H2,(H,21,26). The Hall–Kier alpha value is -1.89. The van der Waals surface area contributed by atoms with Crippen LogP contribution in [0.2, 0.25) is 0 Å². The number of carbonyl (C=O) groups excluding carboxylic acids is 2. The Morgan fingerprint density at radius 1 is 1.11 bits per heavy atom. The van der Waals surface area contributed by atoms with Crippen LogP contribution >= 0.6 is 0 Å². The van der Waals surface area contributed by atoms with Crippen molar-refractivity contribution < 1.29 is 9.59 Å². The molecule has 1 N–H and O–H groups in total. The second kappa shape index (κ2) is 8.42. The predicted molar refractivity (Wildman–Crippen MR) is 102 cm³/mol. The molecular formula is C20H31N5O2. The van der Waals surface area contributed by atoms with Gasteiger partial charge < -0.3 is 10.2 Å². The number of fused-ring (bicyclic) bond motifs is 1. The largest absolute Gasteiger partial charge is 0.349 e. The highest BCUT2D eigenvalue weighted by Crippen LogP contribution is 2.26. The van der Waals surface area contributed by atoms with E-state index in [0.717, 1.165) is 44.2 Å². The van der Waals surface area contributed by atoms with Crippen LogP contribution < -0.4 is 5.32 Å². The number of carbonyl (C=O) groups is 2. The lowest BCUT2D eigenvalue weighted by Crippen LogP contribution is -2.37. The normalized spacial score (nSPS) is 21.9. The summed E-state index contributed by atoms with van der Waals surface area (Å²) in [6.45, 7) is 4.38. The lowest BCUT2D eigenvalue weighted by molar-refractivity contribution is -0.133. The zero-order valence-electron chi connectivity index (χ0n) is 16.2. The number of nitrogens with zero attached hydrogens (tertiary/aromatic N) is 4. The summed E-state index contributed by atoms with van der Waals surface area (Å²) >= 11 is 0. The smallest absolute Gasteiger partial charge is 0.239 e. The van der Waals surface area contributed by atoms with Crippen molar-refractivity contribution in [3.05, 3.63) is 17.5 Å². The summed E-state index contributed by atoms with van der Waals surface area (Å²) in [7, 11) is 0. The first-order valence-corrected chi connectivity index (χ1v) is 10.5. The highest BCUT2D eigenvalue weighted by atomic mass is 16.2. The molecular weight excluding hydrogens is 342 g/mol. The van der Waals surface area contributed by atoms with E-state index in [1.807, 2.05) is 0 Å². The van der Waals surface area contributed by atoms with E-state index in [1.54, 1.807) is 4.90 Å². The molecule has 1 aromatic heterocycles. The van der Waals surface area contributed by atoms with Crippen LogP contribution in [-0.2, 0) is 29.2 Å². The maximum Gasteiger partial charge on any atom is 0.239 e. The maximum atomic E-state index is 12.1. The van der Waals surface area contributed by atoms with Crippen LogP contribution in [0.25, 0.3) is 0 Å². The van der Waals surface area contributed by atoms with E-state index in [0.29, 0.717) is 19.5 Å². The fourth-order valence-electron chi connectivity index (χ4n) is 4.68. The molecule has 1 aliphatic carbocycles. The van der Waals surface area contributed by atoms with Crippen molar-refractivity contribution in [2.45, 2.75) is 77.0 Å². The van der Waals surface area contributed by atoms with E-state index in [2.05, 4.69) is 21.0 Å². The van der Waals surface area contributed by atoms with Gasteiger partial charge in [0, 0.05) is 38.6 Å². The van der Waals surface area contributed by atoms with Crippen molar-refractivity contribution >= 4 is 11.8 Å². The van der Waals surface area contributed by atoms with E-state index in [9.17, 15) is 9.59 Å². The Labute approximate surface area is 161 Å². The molecule has 0 radical (unpaired) electrons. The van der Waals surface area contributed by atoms with Crippen LogP contribution in [0.3, 0.4) is 0 Å². The first-order valence-electron chi connectivity index (χ1n) is 10.5. The minimum atomic E-state index is -0.0997. The summed E-state index contributed by atoms with van der Waals surface area (Å²) in [5, 5.41) is 7.63. The molecule has 2 aliphatic heterocycles. The fourth-order valence-corrected chi connectivity index (χ4v) is 4.68. The summed E-state index contributed by atoms with van der Waals surface area (Å²) in [5.41, 5.74) is 2.17. The van der Waals surface area contributed by atoms with Crippen LogP contribution in [0, 0.1) is 0 Å². The number of likely N-dealkylation sites (tertiary alicyclic amines) is 1. The molecule has 0 atom stereocenters. The summed E-state index contributed by atoms with van der Waals surface area (Å²) in [6.07, 6.45) is 9.31. The Morgan fingerprint density at radius 3 is 2.74 bits per heavy atom. The summed E-state index contributed by atoms with van der Waals surface area (Å²) in [6, 6.07) is 2.86. The average molecular weight is 374 g/mol. The van der Waals surface area contributed by atoms with Crippen molar-refractivity contribution in [2.75, 3.05) is 19.6 Å². The molecule has 1 saturated carbocycles.